The van der Waals surface area contributed by atoms with Crippen molar-refractivity contribution in [2.75, 3.05) is 6.61 Å². The summed E-state index contributed by atoms with van der Waals surface area (Å²) in [7, 11) is 0. The van der Waals surface area contributed by atoms with Crippen LogP contribution in [0.5, 0.6) is 0 Å². The topological polar surface area (TPSA) is 26.3 Å². The van der Waals surface area contributed by atoms with Gasteiger partial charge in [0.2, 0.25) is 0 Å². The first kappa shape index (κ1) is 15.7. The summed E-state index contributed by atoms with van der Waals surface area (Å²) in [6.07, 6.45) is 0.634. The molecule has 120 valence electrons. The van der Waals surface area contributed by atoms with E-state index in [1.807, 2.05) is 36.4 Å². The number of halogens is 1. The maximum Gasteiger partial charge on any atom is 0.317 e. The Morgan fingerprint density at radius 1 is 1.13 bits per heavy atom. The lowest BCUT2D eigenvalue weighted by molar-refractivity contribution is -0.143. The molecule has 0 bridgehead atoms. The zero-order valence-corrected chi connectivity index (χ0v) is 13.5. The Bertz CT molecular complexity index is 696. The van der Waals surface area contributed by atoms with Crippen LogP contribution >= 0.6 is 0 Å². The van der Waals surface area contributed by atoms with E-state index in [1.165, 1.54) is 6.07 Å². The van der Waals surface area contributed by atoms with E-state index in [9.17, 15) is 9.18 Å². The number of hydrogen-bond acceptors (Lipinski definition) is 2. The Balaban J connectivity index is 2.18. The lowest BCUT2D eigenvalue weighted by Crippen LogP contribution is -2.38. The van der Waals surface area contributed by atoms with E-state index in [2.05, 4.69) is 13.8 Å². The van der Waals surface area contributed by atoms with Gasteiger partial charge in [0.05, 0.1) is 6.61 Å². The molecule has 0 aromatic heterocycles. The van der Waals surface area contributed by atoms with Gasteiger partial charge in [-0.15, -0.1) is 0 Å². The van der Waals surface area contributed by atoms with Gasteiger partial charge in [-0.2, -0.15) is 0 Å². The number of benzene rings is 2. The Morgan fingerprint density at radius 2 is 1.78 bits per heavy atom. The van der Waals surface area contributed by atoms with Gasteiger partial charge in [0.15, 0.2) is 0 Å². The predicted molar refractivity (Wildman–Crippen MR) is 87.7 cm³/mol. The zero-order valence-electron chi connectivity index (χ0n) is 13.5. The van der Waals surface area contributed by atoms with Gasteiger partial charge in [-0.3, -0.25) is 4.79 Å². The highest BCUT2D eigenvalue weighted by Gasteiger charge is 2.54. The lowest BCUT2D eigenvalue weighted by Gasteiger charge is -2.33. The molecular formula is C20H21FO2. The fraction of sp³-hybridized carbons (Fsp3) is 0.350. The standard InChI is InChI=1S/C20H21FO2/c1-14(2)12-20(15-8-4-3-5-9-15)17(13-23-19(20)22)16-10-6-7-11-18(16)21/h3-11,14,17H,12-13H2,1-2H3. The monoisotopic (exact) mass is 312 g/mol. The second-order valence-corrected chi connectivity index (χ2v) is 6.61. The summed E-state index contributed by atoms with van der Waals surface area (Å²) in [6.45, 7) is 4.38. The van der Waals surface area contributed by atoms with Crippen LogP contribution in [0.1, 0.15) is 37.3 Å². The van der Waals surface area contributed by atoms with Crippen LogP contribution in [0.15, 0.2) is 54.6 Å². The Morgan fingerprint density at radius 3 is 2.43 bits per heavy atom. The molecule has 0 amide bonds. The Labute approximate surface area is 136 Å². The molecule has 0 radical (unpaired) electrons. The van der Waals surface area contributed by atoms with Gasteiger partial charge in [0.25, 0.3) is 0 Å². The van der Waals surface area contributed by atoms with Gasteiger partial charge in [-0.25, -0.2) is 4.39 Å². The average molecular weight is 312 g/mol. The average Bonchev–Trinajstić information content (AvgIpc) is 2.86. The molecular weight excluding hydrogens is 291 g/mol. The molecule has 1 saturated heterocycles. The second kappa shape index (κ2) is 6.15. The number of carbonyl (C=O) groups is 1. The highest BCUT2D eigenvalue weighted by atomic mass is 19.1. The number of ether oxygens (including phenoxy) is 1. The number of carbonyl (C=O) groups excluding carboxylic acids is 1. The first-order valence-corrected chi connectivity index (χ1v) is 8.03. The van der Waals surface area contributed by atoms with Gasteiger partial charge in [-0.1, -0.05) is 62.4 Å². The Kier molecular flexibility index (Phi) is 4.20. The molecule has 1 fully saturated rings. The molecule has 1 aliphatic heterocycles. The van der Waals surface area contributed by atoms with E-state index in [0.717, 1.165) is 5.56 Å². The van der Waals surface area contributed by atoms with E-state index in [1.54, 1.807) is 12.1 Å². The van der Waals surface area contributed by atoms with Crippen molar-refractivity contribution in [1.82, 2.24) is 0 Å². The highest BCUT2D eigenvalue weighted by molar-refractivity contribution is 5.87. The third kappa shape index (κ3) is 2.65. The summed E-state index contributed by atoms with van der Waals surface area (Å²) in [4.78, 5) is 12.8. The van der Waals surface area contributed by atoms with Crippen LogP contribution in [-0.2, 0) is 14.9 Å². The summed E-state index contributed by atoms with van der Waals surface area (Å²) in [5.74, 6) is -0.540. The quantitative estimate of drug-likeness (QED) is 0.780. The summed E-state index contributed by atoms with van der Waals surface area (Å²) in [6, 6.07) is 16.3. The highest BCUT2D eigenvalue weighted by Crippen LogP contribution is 2.49. The normalized spacial score (nSPS) is 24.0. The van der Waals surface area contributed by atoms with Crippen LogP contribution in [0.25, 0.3) is 0 Å². The molecule has 0 spiro atoms. The van der Waals surface area contributed by atoms with Crippen LogP contribution < -0.4 is 0 Å². The van der Waals surface area contributed by atoms with Crippen molar-refractivity contribution >= 4 is 5.97 Å². The molecule has 3 heteroatoms. The molecule has 2 atom stereocenters. The first-order chi connectivity index (χ1) is 11.1. The van der Waals surface area contributed by atoms with Crippen molar-refractivity contribution in [3.63, 3.8) is 0 Å². The third-order valence-corrected chi connectivity index (χ3v) is 4.64. The van der Waals surface area contributed by atoms with Crippen molar-refractivity contribution < 1.29 is 13.9 Å². The van der Waals surface area contributed by atoms with Gasteiger partial charge < -0.3 is 4.74 Å². The molecule has 2 nitrogen and oxygen atoms in total. The summed E-state index contributed by atoms with van der Waals surface area (Å²) >= 11 is 0. The van der Waals surface area contributed by atoms with E-state index < -0.39 is 5.41 Å². The van der Waals surface area contributed by atoms with E-state index in [-0.39, 0.29) is 30.2 Å². The molecule has 2 aromatic rings. The smallest absolute Gasteiger partial charge is 0.317 e. The van der Waals surface area contributed by atoms with Gasteiger partial charge in [-0.05, 0) is 29.5 Å². The predicted octanol–water partition coefficient (Wildman–Crippen LogP) is 4.45. The van der Waals surface area contributed by atoms with Crippen molar-refractivity contribution in [1.29, 1.82) is 0 Å². The summed E-state index contributed by atoms with van der Waals surface area (Å²) < 4.78 is 19.8. The van der Waals surface area contributed by atoms with E-state index >= 15 is 0 Å². The fourth-order valence-electron chi connectivity index (χ4n) is 3.73. The van der Waals surface area contributed by atoms with Crippen molar-refractivity contribution in [3.05, 3.63) is 71.5 Å². The third-order valence-electron chi connectivity index (χ3n) is 4.64. The number of hydrogen-bond donors (Lipinski definition) is 0. The molecule has 23 heavy (non-hydrogen) atoms. The first-order valence-electron chi connectivity index (χ1n) is 8.03. The second-order valence-electron chi connectivity index (χ2n) is 6.61. The molecule has 2 unspecified atom stereocenters. The molecule has 1 heterocycles. The van der Waals surface area contributed by atoms with E-state index in [0.29, 0.717) is 12.0 Å². The fourth-order valence-corrected chi connectivity index (χ4v) is 3.73. The van der Waals surface area contributed by atoms with Crippen molar-refractivity contribution in [3.8, 4) is 0 Å². The maximum atomic E-state index is 14.4. The molecule has 3 rings (SSSR count). The minimum Gasteiger partial charge on any atom is -0.464 e. The maximum absolute atomic E-state index is 14.4. The van der Waals surface area contributed by atoms with Crippen LogP contribution in [-0.4, -0.2) is 12.6 Å². The van der Waals surface area contributed by atoms with Crippen molar-refractivity contribution in [2.45, 2.75) is 31.6 Å². The molecule has 0 N–H and O–H groups in total. The molecule has 2 aromatic carbocycles. The number of esters is 1. The summed E-state index contributed by atoms with van der Waals surface area (Å²) in [5.41, 5.74) is 0.643. The van der Waals surface area contributed by atoms with Gasteiger partial charge in [0, 0.05) is 5.92 Å². The minimum absolute atomic E-state index is 0.224. The lowest BCUT2D eigenvalue weighted by atomic mass is 9.65. The molecule has 0 aliphatic carbocycles. The molecule has 0 saturated carbocycles. The van der Waals surface area contributed by atoms with Gasteiger partial charge in [0.1, 0.15) is 11.2 Å². The van der Waals surface area contributed by atoms with Gasteiger partial charge >= 0.3 is 5.97 Å². The van der Waals surface area contributed by atoms with E-state index in [4.69, 9.17) is 4.74 Å². The van der Waals surface area contributed by atoms with Crippen molar-refractivity contribution in [2.24, 2.45) is 5.92 Å². The van der Waals surface area contributed by atoms with Crippen LogP contribution in [0.3, 0.4) is 0 Å². The Hall–Kier alpha value is -2.16. The minimum atomic E-state index is -0.822. The number of cyclic esters (lactones) is 1. The van der Waals surface area contributed by atoms with Crippen LogP contribution in [0, 0.1) is 11.7 Å². The zero-order chi connectivity index (χ0) is 16.4. The largest absolute Gasteiger partial charge is 0.464 e. The number of rotatable bonds is 4. The van der Waals surface area contributed by atoms with Crippen LogP contribution in [0.4, 0.5) is 4.39 Å². The summed E-state index contributed by atoms with van der Waals surface area (Å²) in [5, 5.41) is 0. The SMILES string of the molecule is CC(C)CC1(c2ccccc2)C(=O)OCC1c1ccccc1F. The molecule has 1 aliphatic rings. The van der Waals surface area contributed by atoms with Crippen LogP contribution in [0.2, 0.25) is 0 Å².